The van der Waals surface area contributed by atoms with Crippen LogP contribution in [0.1, 0.15) is 30.4 Å². The molecule has 0 aliphatic carbocycles. The van der Waals surface area contributed by atoms with Gasteiger partial charge >= 0.3 is 5.97 Å². The van der Waals surface area contributed by atoms with Gasteiger partial charge in [0.05, 0.1) is 10.4 Å². The highest BCUT2D eigenvalue weighted by atomic mass is 35.5. The molecule has 0 aliphatic heterocycles. The molecule has 20 heavy (non-hydrogen) atoms. The second-order valence-electron chi connectivity index (χ2n) is 4.70. The summed E-state index contributed by atoms with van der Waals surface area (Å²) < 4.78 is 5.34. The first-order chi connectivity index (χ1) is 9.28. The van der Waals surface area contributed by atoms with Crippen LogP contribution < -0.4 is 5.32 Å². The first-order valence-electron chi connectivity index (χ1n) is 5.93. The number of hydrogen-bond acceptors (Lipinski definition) is 5. The minimum Gasteiger partial charge on any atom is -0.451 e. The van der Waals surface area contributed by atoms with Crippen LogP contribution in [-0.4, -0.2) is 24.0 Å². The van der Waals surface area contributed by atoms with Crippen molar-refractivity contribution in [3.05, 3.63) is 21.3 Å². The zero-order chi connectivity index (χ0) is 15.3. The van der Waals surface area contributed by atoms with Gasteiger partial charge in [-0.15, -0.1) is 11.3 Å². The maximum absolute atomic E-state index is 11.7. The zero-order valence-electron chi connectivity index (χ0n) is 11.4. The summed E-state index contributed by atoms with van der Waals surface area (Å²) in [6.07, 6.45) is 0. The van der Waals surface area contributed by atoms with Crippen LogP contribution in [-0.2, 0) is 9.53 Å². The molecule has 108 valence electrons. The smallest absolute Gasteiger partial charge is 0.348 e. The zero-order valence-corrected chi connectivity index (χ0v) is 13.0. The fourth-order valence-corrected chi connectivity index (χ4v) is 2.19. The Morgan fingerprint density at radius 3 is 2.65 bits per heavy atom. The molecule has 1 atom stereocenters. The molecule has 0 fully saturated rings. The van der Waals surface area contributed by atoms with Gasteiger partial charge < -0.3 is 10.1 Å². The van der Waals surface area contributed by atoms with E-state index >= 15 is 0 Å². The summed E-state index contributed by atoms with van der Waals surface area (Å²) in [6, 6.07) is 5.15. The molecule has 1 amide bonds. The number of nitriles is 1. The van der Waals surface area contributed by atoms with E-state index in [4.69, 9.17) is 21.6 Å². The fourth-order valence-electron chi connectivity index (χ4n) is 1.25. The van der Waals surface area contributed by atoms with Crippen molar-refractivity contribution in [2.24, 2.45) is 5.92 Å². The molecule has 1 aromatic heterocycles. The van der Waals surface area contributed by atoms with Gasteiger partial charge in [-0.3, -0.25) is 4.79 Å². The molecule has 1 N–H and O–H groups in total. The molecule has 1 aromatic rings. The van der Waals surface area contributed by atoms with Gasteiger partial charge in [0, 0.05) is 0 Å². The molecule has 0 aromatic carbocycles. The minimum atomic E-state index is -0.990. The molecular formula is C13H15ClN2O3S. The van der Waals surface area contributed by atoms with Crippen LogP contribution in [0.5, 0.6) is 0 Å². The predicted molar refractivity (Wildman–Crippen MR) is 76.6 cm³/mol. The Hall–Kier alpha value is -1.58. The van der Waals surface area contributed by atoms with E-state index in [9.17, 15) is 9.59 Å². The number of halogens is 1. The van der Waals surface area contributed by atoms with E-state index in [0.717, 1.165) is 11.3 Å². The SMILES string of the molecule is CC(C)C(C)(C#N)NC(=O)COC(=O)c1ccc(Cl)s1. The van der Waals surface area contributed by atoms with E-state index in [1.165, 1.54) is 6.07 Å². The van der Waals surface area contributed by atoms with Crippen molar-refractivity contribution in [1.82, 2.24) is 5.32 Å². The Labute approximate surface area is 126 Å². The molecule has 0 saturated heterocycles. The van der Waals surface area contributed by atoms with E-state index in [1.54, 1.807) is 13.0 Å². The number of carbonyl (C=O) groups excluding carboxylic acids is 2. The molecule has 0 bridgehead atoms. The maximum Gasteiger partial charge on any atom is 0.348 e. The fraction of sp³-hybridized carbons (Fsp3) is 0.462. The van der Waals surface area contributed by atoms with Gasteiger partial charge in [-0.2, -0.15) is 5.26 Å². The van der Waals surface area contributed by atoms with Crippen LogP contribution in [0, 0.1) is 17.2 Å². The van der Waals surface area contributed by atoms with Crippen LogP contribution >= 0.6 is 22.9 Å². The van der Waals surface area contributed by atoms with E-state index in [-0.39, 0.29) is 5.92 Å². The number of amides is 1. The molecule has 5 nitrogen and oxygen atoms in total. The highest BCUT2D eigenvalue weighted by Gasteiger charge is 2.30. The lowest BCUT2D eigenvalue weighted by molar-refractivity contribution is -0.125. The van der Waals surface area contributed by atoms with Crippen molar-refractivity contribution in [2.45, 2.75) is 26.3 Å². The van der Waals surface area contributed by atoms with Crippen molar-refractivity contribution < 1.29 is 14.3 Å². The van der Waals surface area contributed by atoms with E-state index in [1.807, 2.05) is 19.9 Å². The van der Waals surface area contributed by atoms with Crippen LogP contribution in [0.15, 0.2) is 12.1 Å². The minimum absolute atomic E-state index is 0.0664. The standard InChI is InChI=1S/C13H15ClN2O3S/c1-8(2)13(3,7-15)16-11(17)6-19-12(18)9-4-5-10(14)20-9/h4-5,8H,6H2,1-3H3,(H,16,17). The number of carbonyl (C=O) groups is 2. The second-order valence-corrected chi connectivity index (χ2v) is 6.41. The highest BCUT2D eigenvalue weighted by molar-refractivity contribution is 7.17. The number of esters is 1. The van der Waals surface area contributed by atoms with Gasteiger partial charge in [-0.05, 0) is 25.0 Å². The quantitative estimate of drug-likeness (QED) is 0.847. The largest absolute Gasteiger partial charge is 0.451 e. The molecule has 0 aliphatic rings. The highest BCUT2D eigenvalue weighted by Crippen LogP contribution is 2.22. The lowest BCUT2D eigenvalue weighted by Crippen LogP contribution is -2.50. The number of ether oxygens (including phenoxy) is 1. The van der Waals surface area contributed by atoms with Crippen LogP contribution in [0.3, 0.4) is 0 Å². The number of rotatable bonds is 5. The number of nitrogens with one attached hydrogen (secondary N) is 1. The Morgan fingerprint density at radius 1 is 1.55 bits per heavy atom. The topological polar surface area (TPSA) is 79.2 Å². The molecule has 0 saturated carbocycles. The van der Waals surface area contributed by atoms with E-state index < -0.39 is 24.0 Å². The van der Waals surface area contributed by atoms with Crippen LogP contribution in [0.2, 0.25) is 4.34 Å². The van der Waals surface area contributed by atoms with Gasteiger partial charge in [-0.1, -0.05) is 25.4 Å². The monoisotopic (exact) mass is 314 g/mol. The summed E-state index contributed by atoms with van der Waals surface area (Å²) in [7, 11) is 0. The van der Waals surface area contributed by atoms with Crippen molar-refractivity contribution in [3.8, 4) is 6.07 Å². The summed E-state index contributed by atoms with van der Waals surface area (Å²) in [5.41, 5.74) is -0.990. The van der Waals surface area contributed by atoms with E-state index in [0.29, 0.717) is 9.21 Å². The van der Waals surface area contributed by atoms with Gasteiger partial charge in [0.25, 0.3) is 5.91 Å². The number of thiophene rings is 1. The Morgan fingerprint density at radius 2 is 2.20 bits per heavy atom. The molecule has 1 unspecified atom stereocenters. The van der Waals surface area contributed by atoms with Crippen molar-refractivity contribution in [3.63, 3.8) is 0 Å². The molecule has 0 spiro atoms. The summed E-state index contributed by atoms with van der Waals surface area (Å²) >= 11 is 6.78. The Balaban J connectivity index is 2.52. The van der Waals surface area contributed by atoms with Crippen molar-refractivity contribution in [1.29, 1.82) is 5.26 Å². The second kappa shape index (κ2) is 6.73. The predicted octanol–water partition coefficient (Wildman–Crippen LogP) is 2.61. The third kappa shape index (κ3) is 4.22. The average Bonchev–Trinajstić information content (AvgIpc) is 2.82. The molecule has 0 radical (unpaired) electrons. The Bertz CT molecular complexity index is 550. The summed E-state index contributed by atoms with van der Waals surface area (Å²) in [6.45, 7) is 4.83. The molecule has 7 heteroatoms. The third-order valence-corrected chi connectivity index (χ3v) is 4.11. The van der Waals surface area contributed by atoms with E-state index in [2.05, 4.69) is 5.32 Å². The van der Waals surface area contributed by atoms with Crippen LogP contribution in [0.4, 0.5) is 0 Å². The van der Waals surface area contributed by atoms with Gasteiger partial charge in [0.15, 0.2) is 6.61 Å². The Kier molecular flexibility index (Phi) is 5.54. The summed E-state index contributed by atoms with van der Waals surface area (Å²) in [5, 5.41) is 11.6. The number of hydrogen-bond donors (Lipinski definition) is 1. The van der Waals surface area contributed by atoms with Crippen molar-refractivity contribution in [2.75, 3.05) is 6.61 Å². The number of nitrogens with zero attached hydrogens (tertiary/aromatic N) is 1. The molecular weight excluding hydrogens is 300 g/mol. The average molecular weight is 315 g/mol. The lowest BCUT2D eigenvalue weighted by Gasteiger charge is -2.27. The summed E-state index contributed by atoms with van der Waals surface area (Å²) in [4.78, 5) is 23.6. The van der Waals surface area contributed by atoms with Gasteiger partial charge in [0.2, 0.25) is 0 Å². The van der Waals surface area contributed by atoms with Gasteiger partial charge in [0.1, 0.15) is 10.4 Å². The van der Waals surface area contributed by atoms with Crippen LogP contribution in [0.25, 0.3) is 0 Å². The molecule has 1 rings (SSSR count). The normalized spacial score (nSPS) is 13.4. The third-order valence-electron chi connectivity index (χ3n) is 2.89. The molecule has 1 heterocycles. The lowest BCUT2D eigenvalue weighted by atomic mass is 9.90. The first-order valence-corrected chi connectivity index (χ1v) is 7.12. The summed E-state index contributed by atoms with van der Waals surface area (Å²) in [5.74, 6) is -1.19. The first kappa shape index (κ1) is 16.5. The maximum atomic E-state index is 11.7. The van der Waals surface area contributed by atoms with Gasteiger partial charge in [-0.25, -0.2) is 4.79 Å². The van der Waals surface area contributed by atoms with Crippen molar-refractivity contribution >= 4 is 34.8 Å².